The van der Waals surface area contributed by atoms with E-state index in [4.69, 9.17) is 10.5 Å². The average molecular weight is 1850 g/mol. The normalized spacial score (nSPS) is 29.9. The summed E-state index contributed by atoms with van der Waals surface area (Å²) in [6.07, 6.45) is 30.0. The van der Waals surface area contributed by atoms with Crippen LogP contribution in [0.3, 0.4) is 0 Å². The zero-order valence-corrected chi connectivity index (χ0v) is 79.0. The second-order valence-electron chi connectivity index (χ2n) is 39.5. The third-order valence-corrected chi connectivity index (χ3v) is 32.2. The molecule has 5 aliphatic carbocycles. The Kier molecular flexibility index (Phi) is 33.6. The number of aliphatic hydroxyl groups excluding tert-OH is 1. The summed E-state index contributed by atoms with van der Waals surface area (Å²) in [5.41, 5.74) is 9.88. The van der Waals surface area contributed by atoms with Crippen LogP contribution in [-0.4, -0.2) is 219 Å². The zero-order valence-electron chi connectivity index (χ0n) is 77.4. The largest absolute Gasteiger partial charge is 0.508 e. The Labute approximate surface area is 781 Å². The minimum absolute atomic E-state index is 0. The Morgan fingerprint density at radius 2 is 1.44 bits per heavy atom. The van der Waals surface area contributed by atoms with Gasteiger partial charge in [-0.3, -0.25) is 58.1 Å². The van der Waals surface area contributed by atoms with E-state index in [0.29, 0.717) is 85.4 Å². The topological polar surface area (TPSA) is 411 Å². The minimum Gasteiger partial charge on any atom is -0.508 e. The van der Waals surface area contributed by atoms with Gasteiger partial charge in [0.15, 0.2) is 5.78 Å². The number of aliphatic hydroxyl groups is 1. The second-order valence-corrected chi connectivity index (χ2v) is 42.1. The number of rotatable bonds is 28. The Morgan fingerprint density at radius 3 is 2.19 bits per heavy atom. The average Bonchev–Trinajstić information content (AvgIpc) is 1.62. The van der Waals surface area contributed by atoms with Gasteiger partial charge in [0.1, 0.15) is 60.2 Å². The third kappa shape index (κ3) is 24.3. The molecule has 29 nitrogen and oxygen atoms in total. The molecule has 21 atom stereocenters. The van der Waals surface area contributed by atoms with Crippen LogP contribution in [0.2, 0.25) is 0 Å². The quantitative estimate of drug-likeness (QED) is 0.0183. The first-order chi connectivity index (χ1) is 62.7. The number of ether oxygens (including phenoxy) is 1. The number of allylic oxidation sites excluding steroid dienone is 4. The molecule has 0 radical (unpaired) electrons. The molecule has 0 aromatic heterocycles. The number of ketones is 1. The number of likely N-dealkylation sites (tertiary alicyclic amines) is 2. The molecule has 11 amide bonds. The van der Waals surface area contributed by atoms with Gasteiger partial charge in [0.2, 0.25) is 53.2 Å². The molecule has 21 unspecified atom stereocenters. The van der Waals surface area contributed by atoms with E-state index < -0.39 is 144 Å². The monoisotopic (exact) mass is 1850 g/mol. The molecule has 3 saturated carbocycles. The minimum atomic E-state index is -1.64. The van der Waals surface area contributed by atoms with Crippen LogP contribution in [0.25, 0.3) is 10.8 Å². The summed E-state index contributed by atoms with van der Waals surface area (Å²) in [7, 11) is 3.73. The van der Waals surface area contributed by atoms with E-state index >= 15 is 33.6 Å². The molecule has 31 heteroatoms. The summed E-state index contributed by atoms with van der Waals surface area (Å²) in [4.78, 5) is 183. The van der Waals surface area contributed by atoms with E-state index in [1.54, 1.807) is 48.2 Å². The summed E-state index contributed by atoms with van der Waals surface area (Å²) in [5.74, 6) is -5.58. The predicted molar refractivity (Wildman–Crippen MR) is 510 cm³/mol. The highest BCUT2D eigenvalue weighted by atomic mass is 33.1. The first-order valence-electron chi connectivity index (χ1n) is 47.7. The number of fused-ring (bicyclic) bond motifs is 7. The van der Waals surface area contributed by atoms with E-state index in [-0.39, 0.29) is 94.7 Å². The molecule has 6 fully saturated rings. The van der Waals surface area contributed by atoms with Crippen molar-refractivity contribution >= 4 is 103 Å². The SMILES string of the molecule is CC(C)CCCC(C)C1CCC2C3CC=C4CC(OC(=O)NCCCCC5NCC(=O)C(CC6=CNC7C=CC=CC67)NC(=O)C(Cc6ccc(O)cc6)NC(=O)C(NC(=O)C(Cc6ccc7ccccc7c6)NC(=O)C6CCCN6C(=O)C6CCCN6C(=O)C6=CN(C)C=CC6)CSSCC(C(=O)NC(C(N)=O)C(C)O)NC(=O)C(C(C)C)NC5=O)CCC4(C)C3CCC12C.[2HH].[2HH]. The molecule has 3 aromatic carbocycles. The Bertz CT molecular complexity index is 4880. The van der Waals surface area contributed by atoms with Crippen molar-refractivity contribution in [2.75, 3.05) is 44.7 Å². The van der Waals surface area contributed by atoms with Crippen LogP contribution in [0.1, 0.15) is 198 Å². The molecule has 3 aromatic rings. The number of Topliss-reactive ketones (excluding diaryl/α,β-unsaturated/α-hetero) is 1. The maximum atomic E-state index is 15.8. The number of alkyl carbamates (subject to hydrolysis) is 1. The number of phenolic OH excluding ortho intramolecular Hbond substituents is 1. The highest BCUT2D eigenvalue weighted by Gasteiger charge is 2.60. The highest BCUT2D eigenvalue weighted by molar-refractivity contribution is 8.76. The van der Waals surface area contributed by atoms with Crippen molar-refractivity contribution in [3.63, 3.8) is 0 Å². The van der Waals surface area contributed by atoms with Crippen molar-refractivity contribution in [1.82, 2.24) is 67.9 Å². The van der Waals surface area contributed by atoms with Crippen molar-refractivity contribution < 1.29 is 75.3 Å². The second kappa shape index (κ2) is 44.7. The number of primary amides is 1. The summed E-state index contributed by atoms with van der Waals surface area (Å²) in [5, 5.41) is 52.3. The van der Waals surface area contributed by atoms with E-state index in [1.807, 2.05) is 86.1 Å². The van der Waals surface area contributed by atoms with Gasteiger partial charge in [0.25, 0.3) is 5.91 Å². The molecular weight excluding hydrogens is 1700 g/mol. The molecule has 10 aliphatic rings. The lowest BCUT2D eigenvalue weighted by molar-refractivity contribution is -0.146. The van der Waals surface area contributed by atoms with Crippen molar-refractivity contribution in [3.05, 3.63) is 150 Å². The first-order valence-corrected chi connectivity index (χ1v) is 50.2. The van der Waals surface area contributed by atoms with Crippen LogP contribution >= 0.6 is 21.6 Å². The molecule has 0 spiro atoms. The molecule has 5 heterocycles. The fourth-order valence-electron chi connectivity index (χ4n) is 22.5. The maximum absolute atomic E-state index is 15.8. The lowest BCUT2D eigenvalue weighted by Crippen LogP contribution is -2.61. The summed E-state index contributed by atoms with van der Waals surface area (Å²) in [6.45, 7) is 17.0. The molecule has 0 bridgehead atoms. The third-order valence-electron chi connectivity index (χ3n) is 29.7. The number of hydrogen-bond acceptors (Lipinski definition) is 20. The Morgan fingerprint density at radius 1 is 0.718 bits per heavy atom. The number of unbranched alkanes of at least 4 members (excludes halogenated alkanes) is 1. The number of amides is 11. The van der Waals surface area contributed by atoms with Crippen molar-refractivity contribution in [1.29, 1.82) is 0 Å². The van der Waals surface area contributed by atoms with E-state index in [1.165, 1.54) is 74.5 Å². The van der Waals surface area contributed by atoms with Crippen LogP contribution < -0.4 is 58.9 Å². The van der Waals surface area contributed by atoms with Gasteiger partial charge in [-0.15, -0.1) is 0 Å². The van der Waals surface area contributed by atoms with Crippen LogP contribution in [0.4, 0.5) is 4.79 Å². The number of benzene rings is 3. The first kappa shape index (κ1) is 98.5. The number of nitrogens with two attached hydrogens (primary N) is 1. The number of phenols is 1. The Hall–Kier alpha value is -9.98. The predicted octanol–water partition coefficient (Wildman–Crippen LogP) is 9.67. The molecular formula is C100H142N14O15S2. The standard InChI is InChI=1S/C100H138N14O15S2.2H2/c1-58(2)20-16-21-60(5)73-38-39-74-72-37-34-68-52-70(40-42-99(68,7)75(72)41-43-100(73,74)8)129-98(128)102-44-15-14-27-77-89(119)110-86(59(3)4)95(125)109-82(93(123)111-87(61(6)115)88(101)118)57-131-130-56-81(92(122)106-79(49-62-31-35-69(116)36-32-62)90(120)105-78(85(117)54-104-77)51-67-53-103-76-26-13-12-25-71(67)76)108-91(121)80(50-63-30-33-64-22-10-11-23-65(64)48-63)107-94(124)83-28-18-46-113(83)97(127)84-29-19-47-114(84)96(126)66-24-17-45-112(9)55-66;;/h10-13,17,22-23,25-26,30-36,45,48,53,55,58-61,70-84,86-87,103-104,115-116H,14-16,18-21,24,27-29,37-44,46-47,49-52,54,56-57H2,1-9H3,(H2,101,118)(H,102,128)(H,105,120)(H,106,122)(H,107,124)(H,108,121)(H,109,125)(H,110,119)(H,111,123);2*1H/i;2*1+1. The lowest BCUT2D eigenvalue weighted by atomic mass is 9.47. The van der Waals surface area contributed by atoms with Gasteiger partial charge in [-0.1, -0.05) is 186 Å². The molecule has 14 N–H and O–H groups in total. The Balaban J connectivity index is 0.00000852. The van der Waals surface area contributed by atoms with Crippen LogP contribution in [0.15, 0.2) is 139 Å². The van der Waals surface area contributed by atoms with Gasteiger partial charge in [-0.2, -0.15) is 0 Å². The number of carbonyl (C=O) groups excluding carboxylic acids is 12. The van der Waals surface area contributed by atoms with Crippen LogP contribution in [0.5, 0.6) is 5.75 Å². The van der Waals surface area contributed by atoms with Gasteiger partial charge >= 0.3 is 6.09 Å². The van der Waals surface area contributed by atoms with Crippen molar-refractivity contribution in [2.24, 2.45) is 63.9 Å². The number of aromatic hydroxyl groups is 1. The molecule has 3 saturated heterocycles. The molecule has 5 aliphatic heterocycles. The number of nitrogens with zero attached hydrogens (tertiary/aromatic N) is 3. The van der Waals surface area contributed by atoms with Crippen LogP contribution in [-0.2, 0) is 70.3 Å². The van der Waals surface area contributed by atoms with Gasteiger partial charge in [-0.25, -0.2) is 4.79 Å². The number of carbonyl (C=O) groups is 12. The zero-order chi connectivity index (χ0) is 93.5. The van der Waals surface area contributed by atoms with Gasteiger partial charge in [0.05, 0.1) is 30.8 Å². The van der Waals surface area contributed by atoms with Crippen molar-refractivity contribution in [3.8, 4) is 5.75 Å². The summed E-state index contributed by atoms with van der Waals surface area (Å²) in [6, 6.07) is 5.27. The maximum Gasteiger partial charge on any atom is 0.407 e. The van der Waals surface area contributed by atoms with Gasteiger partial charge < -0.3 is 83.2 Å². The van der Waals surface area contributed by atoms with E-state index in [2.05, 4.69) is 93.9 Å². The fourth-order valence-corrected chi connectivity index (χ4v) is 24.8. The molecule has 714 valence electrons. The number of nitrogens with one attached hydrogen (secondary N) is 10. The lowest BCUT2D eigenvalue weighted by Gasteiger charge is -2.58. The summed E-state index contributed by atoms with van der Waals surface area (Å²) < 4.78 is 6.21. The number of hydrogen-bond donors (Lipinski definition) is 13. The van der Waals surface area contributed by atoms with Crippen molar-refractivity contribution in [2.45, 2.75) is 275 Å². The smallest absolute Gasteiger partial charge is 0.407 e. The van der Waals surface area contributed by atoms with Gasteiger partial charge in [-0.05, 0) is 214 Å². The highest BCUT2D eigenvalue weighted by Crippen LogP contribution is 2.67. The van der Waals surface area contributed by atoms with E-state index in [9.17, 15) is 34.2 Å². The van der Waals surface area contributed by atoms with Crippen LogP contribution in [0, 0.1) is 58.2 Å². The molecule has 13 rings (SSSR count). The fraction of sp³-hybridized carbons (Fsp3) is 0.600. The summed E-state index contributed by atoms with van der Waals surface area (Å²) >= 11 is 0. The van der Waals surface area contributed by atoms with Gasteiger partial charge in [0, 0.05) is 78.0 Å². The molecule has 131 heavy (non-hydrogen) atoms. The van der Waals surface area contributed by atoms with E-state index in [0.717, 1.165) is 80.9 Å².